The lowest BCUT2D eigenvalue weighted by atomic mass is 9.87. The first kappa shape index (κ1) is 14.8. The summed E-state index contributed by atoms with van der Waals surface area (Å²) >= 11 is 0. The summed E-state index contributed by atoms with van der Waals surface area (Å²) in [4.78, 5) is 20.4. The van der Waals surface area contributed by atoms with Gasteiger partial charge in [-0.05, 0) is 26.2 Å². The molecule has 3 atom stereocenters. The number of carbonyl (C=O) groups excluding carboxylic acids is 1. The van der Waals surface area contributed by atoms with E-state index in [1.165, 1.54) is 6.26 Å². The van der Waals surface area contributed by atoms with Gasteiger partial charge in [-0.3, -0.25) is 4.79 Å². The van der Waals surface area contributed by atoms with Gasteiger partial charge >= 0.3 is 0 Å². The summed E-state index contributed by atoms with van der Waals surface area (Å²) in [6.07, 6.45) is 6.82. The van der Waals surface area contributed by atoms with Crippen LogP contribution in [-0.2, 0) is 0 Å². The molecule has 0 bridgehead atoms. The summed E-state index contributed by atoms with van der Waals surface area (Å²) in [6.45, 7) is 3.59. The lowest BCUT2D eigenvalue weighted by Crippen LogP contribution is -2.49. The quantitative estimate of drug-likeness (QED) is 0.893. The molecule has 1 fully saturated rings. The summed E-state index contributed by atoms with van der Waals surface area (Å²) in [7, 11) is 0. The van der Waals surface area contributed by atoms with Crippen LogP contribution in [0.4, 0.5) is 0 Å². The second-order valence-electron chi connectivity index (χ2n) is 5.70. The van der Waals surface area contributed by atoms with Crippen molar-refractivity contribution < 1.29 is 14.3 Å². The zero-order chi connectivity index (χ0) is 15.7. The second kappa shape index (κ2) is 5.92. The monoisotopic (exact) mass is 304 g/mol. The van der Waals surface area contributed by atoms with Crippen molar-refractivity contribution in [2.45, 2.75) is 51.3 Å². The molecule has 2 aromatic heterocycles. The van der Waals surface area contributed by atoms with Crippen LogP contribution in [0.3, 0.4) is 0 Å². The highest BCUT2D eigenvalue weighted by molar-refractivity contribution is 5.92. The third-order valence-corrected chi connectivity index (χ3v) is 4.21. The normalized spacial score (nSPS) is 25.1. The largest absolute Gasteiger partial charge is 0.448 e. The van der Waals surface area contributed by atoms with Crippen molar-refractivity contribution in [1.29, 1.82) is 0 Å². The number of nitrogens with zero attached hydrogens (tertiary/aromatic N) is 3. The molecule has 0 unspecified atom stereocenters. The van der Waals surface area contributed by atoms with Crippen LogP contribution in [0, 0.1) is 13.8 Å². The number of aromatic nitrogens is 3. The van der Waals surface area contributed by atoms with Gasteiger partial charge in [0.2, 0.25) is 0 Å². The first-order valence-electron chi connectivity index (χ1n) is 7.47. The fourth-order valence-electron chi connectivity index (χ4n) is 3.07. The number of amides is 1. The number of carbonyl (C=O) groups is 1. The number of rotatable bonds is 3. The Kier molecular flexibility index (Phi) is 3.98. The Labute approximate surface area is 128 Å². The molecule has 2 aromatic rings. The predicted octanol–water partition coefficient (Wildman–Crippen LogP) is 1.37. The number of aliphatic hydroxyl groups excluding tert-OH is 1. The van der Waals surface area contributed by atoms with Crippen LogP contribution in [-0.4, -0.2) is 37.7 Å². The zero-order valence-corrected chi connectivity index (χ0v) is 12.7. The third kappa shape index (κ3) is 2.76. The average molecular weight is 304 g/mol. The van der Waals surface area contributed by atoms with E-state index in [4.69, 9.17) is 4.42 Å². The minimum absolute atomic E-state index is 0.0689. The van der Waals surface area contributed by atoms with E-state index in [2.05, 4.69) is 15.3 Å². The zero-order valence-electron chi connectivity index (χ0n) is 12.7. The highest BCUT2D eigenvalue weighted by atomic mass is 16.3. The van der Waals surface area contributed by atoms with Crippen molar-refractivity contribution in [3.8, 4) is 0 Å². The smallest absolute Gasteiger partial charge is 0.273 e. The minimum Gasteiger partial charge on any atom is -0.448 e. The summed E-state index contributed by atoms with van der Waals surface area (Å²) in [5, 5.41) is 13.5. The number of hydrogen-bond acceptors (Lipinski definition) is 5. The molecule has 0 radical (unpaired) electrons. The molecule has 0 spiro atoms. The molecule has 0 aromatic carbocycles. The number of aryl methyl sites for hydroxylation is 2. The van der Waals surface area contributed by atoms with E-state index in [-0.39, 0.29) is 23.7 Å². The van der Waals surface area contributed by atoms with E-state index in [1.807, 2.05) is 17.7 Å². The topological polar surface area (TPSA) is 93.2 Å². The van der Waals surface area contributed by atoms with Crippen molar-refractivity contribution >= 4 is 5.91 Å². The van der Waals surface area contributed by atoms with E-state index in [0.717, 1.165) is 25.1 Å². The molecule has 118 valence electrons. The maximum atomic E-state index is 12.2. The van der Waals surface area contributed by atoms with Crippen molar-refractivity contribution in [1.82, 2.24) is 19.9 Å². The van der Waals surface area contributed by atoms with Gasteiger partial charge in [0.25, 0.3) is 5.91 Å². The standard InChI is InChI=1S/C15H20N4O3/c1-9-16-6-7-19(9)13-5-3-4-11(14(13)20)18-15(21)12-8-22-10(2)17-12/h6-8,11,13-14,20H,3-5H2,1-2H3,(H,18,21)/t11-,13-,14-/m1/s1. The van der Waals surface area contributed by atoms with Gasteiger partial charge in [-0.25, -0.2) is 9.97 Å². The van der Waals surface area contributed by atoms with E-state index < -0.39 is 6.10 Å². The Morgan fingerprint density at radius 1 is 1.45 bits per heavy atom. The molecule has 0 aliphatic heterocycles. The van der Waals surface area contributed by atoms with E-state index in [9.17, 15) is 9.90 Å². The van der Waals surface area contributed by atoms with E-state index in [0.29, 0.717) is 5.89 Å². The molecule has 1 aliphatic carbocycles. The third-order valence-electron chi connectivity index (χ3n) is 4.21. The molecule has 2 N–H and O–H groups in total. The first-order chi connectivity index (χ1) is 10.6. The van der Waals surface area contributed by atoms with Gasteiger partial charge in [-0.1, -0.05) is 0 Å². The maximum absolute atomic E-state index is 12.2. The molecular formula is C15H20N4O3. The van der Waals surface area contributed by atoms with E-state index in [1.54, 1.807) is 13.1 Å². The van der Waals surface area contributed by atoms with Crippen molar-refractivity contribution in [3.05, 3.63) is 36.1 Å². The summed E-state index contributed by atoms with van der Waals surface area (Å²) in [5.41, 5.74) is 0.241. The first-order valence-corrected chi connectivity index (χ1v) is 7.47. The van der Waals surface area contributed by atoms with Crippen LogP contribution >= 0.6 is 0 Å². The summed E-state index contributed by atoms with van der Waals surface area (Å²) < 4.78 is 7.03. The van der Waals surface area contributed by atoms with Crippen LogP contribution in [0.1, 0.15) is 47.5 Å². The van der Waals surface area contributed by atoms with Crippen LogP contribution in [0.2, 0.25) is 0 Å². The Balaban J connectivity index is 1.71. The van der Waals surface area contributed by atoms with Gasteiger partial charge in [0.15, 0.2) is 11.6 Å². The molecule has 22 heavy (non-hydrogen) atoms. The summed E-state index contributed by atoms with van der Waals surface area (Å²) in [6, 6.07) is -0.370. The number of imidazole rings is 1. The molecule has 3 rings (SSSR count). The highest BCUT2D eigenvalue weighted by Crippen LogP contribution is 2.30. The van der Waals surface area contributed by atoms with Crippen molar-refractivity contribution in [3.63, 3.8) is 0 Å². The highest BCUT2D eigenvalue weighted by Gasteiger charge is 2.34. The van der Waals surface area contributed by atoms with Crippen molar-refractivity contribution in [2.75, 3.05) is 0 Å². The SMILES string of the molecule is Cc1nc(C(=O)N[C@@H]2CCC[C@@H](n3ccnc3C)[C@@H]2O)co1. The average Bonchev–Trinajstić information content (AvgIpc) is 3.10. The molecule has 7 nitrogen and oxygen atoms in total. The van der Waals surface area contributed by atoms with Crippen molar-refractivity contribution in [2.24, 2.45) is 0 Å². The van der Waals surface area contributed by atoms with Gasteiger partial charge in [-0.15, -0.1) is 0 Å². The van der Waals surface area contributed by atoms with Gasteiger partial charge in [0, 0.05) is 19.3 Å². The lowest BCUT2D eigenvalue weighted by Gasteiger charge is -2.36. The Bertz CT molecular complexity index is 663. The van der Waals surface area contributed by atoms with Gasteiger partial charge < -0.3 is 19.4 Å². The molecule has 1 amide bonds. The number of nitrogens with one attached hydrogen (secondary N) is 1. The van der Waals surface area contributed by atoms with Gasteiger partial charge in [0.05, 0.1) is 18.2 Å². The Morgan fingerprint density at radius 2 is 2.27 bits per heavy atom. The van der Waals surface area contributed by atoms with Gasteiger partial charge in [0.1, 0.15) is 12.1 Å². The Morgan fingerprint density at radius 3 is 2.91 bits per heavy atom. The van der Waals surface area contributed by atoms with Gasteiger partial charge in [-0.2, -0.15) is 0 Å². The summed E-state index contributed by atoms with van der Waals surface area (Å²) in [5.74, 6) is 0.994. The van der Waals surface area contributed by atoms with Crippen LogP contribution in [0.15, 0.2) is 23.1 Å². The van der Waals surface area contributed by atoms with Crippen LogP contribution in [0.5, 0.6) is 0 Å². The molecule has 1 saturated carbocycles. The number of aliphatic hydroxyl groups is 1. The van der Waals surface area contributed by atoms with E-state index >= 15 is 0 Å². The minimum atomic E-state index is -0.654. The molecule has 2 heterocycles. The Hall–Kier alpha value is -2.15. The fraction of sp³-hybridized carbons (Fsp3) is 0.533. The molecular weight excluding hydrogens is 284 g/mol. The molecule has 7 heteroatoms. The number of hydrogen-bond donors (Lipinski definition) is 2. The number of oxazole rings is 1. The van der Waals surface area contributed by atoms with Crippen LogP contribution in [0.25, 0.3) is 0 Å². The van der Waals surface area contributed by atoms with Crippen LogP contribution < -0.4 is 5.32 Å². The maximum Gasteiger partial charge on any atom is 0.273 e. The predicted molar refractivity (Wildman–Crippen MR) is 78.4 cm³/mol. The second-order valence-corrected chi connectivity index (χ2v) is 5.70. The molecule has 0 saturated heterocycles. The molecule has 1 aliphatic rings. The lowest BCUT2D eigenvalue weighted by molar-refractivity contribution is 0.0391. The fourth-order valence-corrected chi connectivity index (χ4v) is 3.07.